The summed E-state index contributed by atoms with van der Waals surface area (Å²) in [5.74, 6) is 1.11. The van der Waals surface area contributed by atoms with Gasteiger partial charge in [-0.3, -0.25) is 4.79 Å². The quantitative estimate of drug-likeness (QED) is 0.296. The molecule has 20 heavy (non-hydrogen) atoms. The van der Waals surface area contributed by atoms with Gasteiger partial charge in [0.15, 0.2) is 5.78 Å². The second-order valence-electron chi connectivity index (χ2n) is 4.21. The van der Waals surface area contributed by atoms with Gasteiger partial charge in [0.05, 0.1) is 0 Å². The second-order valence-corrected chi connectivity index (χ2v) is 6.79. The molecule has 102 valence electrons. The van der Waals surface area contributed by atoms with Crippen molar-refractivity contribution in [2.24, 2.45) is 0 Å². The molecule has 1 nitrogen and oxygen atoms in total. The first kappa shape index (κ1) is 15.3. The van der Waals surface area contributed by atoms with E-state index in [0.29, 0.717) is 0 Å². The molecule has 2 aromatic carbocycles. The summed E-state index contributed by atoms with van der Waals surface area (Å²) in [6, 6.07) is 15.8. The zero-order chi connectivity index (χ0) is 14.4. The maximum Gasteiger partial charge on any atom is 0.185 e. The van der Waals surface area contributed by atoms with Crippen molar-refractivity contribution in [1.82, 2.24) is 0 Å². The summed E-state index contributed by atoms with van der Waals surface area (Å²) in [7, 11) is 0. The standard InChI is InChI=1S/C17H15IOS/c1-2-20-16-10-3-13(4-11-16)5-12-17(19)14-6-8-15(18)9-7-14/h3-12H,2H2,1H3/b12-5+. The van der Waals surface area contributed by atoms with E-state index in [1.807, 2.05) is 54.2 Å². The number of halogens is 1. The second kappa shape index (κ2) is 7.64. The molecular formula is C17H15IOS. The Morgan fingerprint density at radius 3 is 2.35 bits per heavy atom. The van der Waals surface area contributed by atoms with Crippen molar-refractivity contribution in [1.29, 1.82) is 0 Å². The van der Waals surface area contributed by atoms with Crippen LogP contribution in [0.2, 0.25) is 0 Å². The van der Waals surface area contributed by atoms with Crippen molar-refractivity contribution >= 4 is 46.2 Å². The largest absolute Gasteiger partial charge is 0.289 e. The van der Waals surface area contributed by atoms with Crippen LogP contribution in [0.1, 0.15) is 22.8 Å². The molecule has 0 saturated heterocycles. The van der Waals surface area contributed by atoms with Gasteiger partial charge in [-0.05, 0) is 64.2 Å². The van der Waals surface area contributed by atoms with Gasteiger partial charge in [0, 0.05) is 14.0 Å². The first-order valence-electron chi connectivity index (χ1n) is 6.40. The van der Waals surface area contributed by atoms with Gasteiger partial charge in [0.1, 0.15) is 0 Å². The molecule has 0 amide bonds. The molecule has 0 N–H and O–H groups in total. The highest BCUT2D eigenvalue weighted by molar-refractivity contribution is 14.1. The van der Waals surface area contributed by atoms with Crippen LogP contribution in [-0.2, 0) is 0 Å². The fourth-order valence-electron chi connectivity index (χ4n) is 1.72. The summed E-state index contributed by atoms with van der Waals surface area (Å²) in [5.41, 5.74) is 1.77. The normalized spacial score (nSPS) is 10.9. The molecule has 0 radical (unpaired) electrons. The number of benzene rings is 2. The number of allylic oxidation sites excluding steroid dienone is 1. The number of hydrogen-bond donors (Lipinski definition) is 0. The highest BCUT2D eigenvalue weighted by Crippen LogP contribution is 2.18. The van der Waals surface area contributed by atoms with Gasteiger partial charge >= 0.3 is 0 Å². The lowest BCUT2D eigenvalue weighted by molar-refractivity contribution is 0.104. The third-order valence-electron chi connectivity index (χ3n) is 2.75. The number of carbonyl (C=O) groups is 1. The van der Waals surface area contributed by atoms with Crippen molar-refractivity contribution in [2.75, 3.05) is 5.75 Å². The van der Waals surface area contributed by atoms with Crippen molar-refractivity contribution in [3.63, 3.8) is 0 Å². The minimum atomic E-state index is 0.0356. The number of ketones is 1. The predicted octanol–water partition coefficient (Wildman–Crippen LogP) is 5.30. The Morgan fingerprint density at radius 2 is 1.75 bits per heavy atom. The molecule has 2 aromatic rings. The molecule has 0 atom stereocenters. The molecule has 0 fully saturated rings. The Bertz CT molecular complexity index is 600. The van der Waals surface area contributed by atoms with Gasteiger partial charge in [-0.1, -0.05) is 37.3 Å². The zero-order valence-corrected chi connectivity index (χ0v) is 14.1. The number of thioether (sulfide) groups is 1. The van der Waals surface area contributed by atoms with Gasteiger partial charge in [-0.25, -0.2) is 0 Å². The van der Waals surface area contributed by atoms with Crippen LogP contribution in [0.3, 0.4) is 0 Å². The van der Waals surface area contributed by atoms with Gasteiger partial charge in [0.2, 0.25) is 0 Å². The Balaban J connectivity index is 2.04. The van der Waals surface area contributed by atoms with Gasteiger partial charge in [-0.2, -0.15) is 0 Å². The van der Waals surface area contributed by atoms with Crippen LogP contribution >= 0.6 is 34.4 Å². The summed E-state index contributed by atoms with van der Waals surface area (Å²) in [5, 5.41) is 0. The lowest BCUT2D eigenvalue weighted by Crippen LogP contribution is -1.93. The first-order chi connectivity index (χ1) is 9.69. The molecule has 0 saturated carbocycles. The summed E-state index contributed by atoms with van der Waals surface area (Å²) in [6.07, 6.45) is 3.49. The summed E-state index contributed by atoms with van der Waals surface area (Å²) >= 11 is 4.04. The maximum absolute atomic E-state index is 12.0. The summed E-state index contributed by atoms with van der Waals surface area (Å²) in [4.78, 5) is 13.3. The summed E-state index contributed by atoms with van der Waals surface area (Å²) < 4.78 is 1.13. The van der Waals surface area contributed by atoms with E-state index >= 15 is 0 Å². The third kappa shape index (κ3) is 4.49. The zero-order valence-electron chi connectivity index (χ0n) is 11.2. The monoisotopic (exact) mass is 394 g/mol. The molecule has 0 aliphatic heterocycles. The van der Waals surface area contributed by atoms with Crippen LogP contribution in [0.5, 0.6) is 0 Å². The molecule has 0 bridgehead atoms. The molecule has 0 aromatic heterocycles. The molecule has 2 rings (SSSR count). The van der Waals surface area contributed by atoms with Crippen molar-refractivity contribution in [2.45, 2.75) is 11.8 Å². The average Bonchev–Trinajstić information content (AvgIpc) is 2.47. The molecular weight excluding hydrogens is 379 g/mol. The number of rotatable bonds is 5. The van der Waals surface area contributed by atoms with E-state index in [-0.39, 0.29) is 5.78 Å². The Labute approximate surface area is 137 Å². The lowest BCUT2D eigenvalue weighted by atomic mass is 10.1. The maximum atomic E-state index is 12.0. The highest BCUT2D eigenvalue weighted by atomic mass is 127. The molecule has 3 heteroatoms. The lowest BCUT2D eigenvalue weighted by Gasteiger charge is -1.99. The molecule has 0 heterocycles. The first-order valence-corrected chi connectivity index (χ1v) is 8.46. The molecule has 0 aliphatic carbocycles. The van der Waals surface area contributed by atoms with Gasteiger partial charge < -0.3 is 0 Å². The fraction of sp³-hybridized carbons (Fsp3) is 0.118. The molecule has 0 spiro atoms. The topological polar surface area (TPSA) is 17.1 Å². The van der Waals surface area contributed by atoms with Gasteiger partial charge in [-0.15, -0.1) is 11.8 Å². The summed E-state index contributed by atoms with van der Waals surface area (Å²) in [6.45, 7) is 2.14. The number of carbonyl (C=O) groups excluding carboxylic acids is 1. The predicted molar refractivity (Wildman–Crippen MR) is 95.4 cm³/mol. The van der Waals surface area contributed by atoms with E-state index in [9.17, 15) is 4.79 Å². The van der Waals surface area contributed by atoms with Crippen LogP contribution in [0.15, 0.2) is 59.5 Å². The van der Waals surface area contributed by atoms with E-state index in [0.717, 1.165) is 20.4 Å². The van der Waals surface area contributed by atoms with Crippen molar-refractivity contribution in [3.8, 4) is 0 Å². The van der Waals surface area contributed by atoms with Crippen LogP contribution < -0.4 is 0 Å². The van der Waals surface area contributed by atoms with Crippen LogP contribution in [0.25, 0.3) is 6.08 Å². The Morgan fingerprint density at radius 1 is 1.10 bits per heavy atom. The van der Waals surface area contributed by atoms with Crippen LogP contribution in [-0.4, -0.2) is 11.5 Å². The minimum absolute atomic E-state index is 0.0356. The fourth-order valence-corrected chi connectivity index (χ4v) is 2.75. The highest BCUT2D eigenvalue weighted by Gasteiger charge is 2.00. The van der Waals surface area contributed by atoms with E-state index in [1.54, 1.807) is 6.08 Å². The SMILES string of the molecule is CCSc1ccc(/C=C/C(=O)c2ccc(I)cc2)cc1. The van der Waals surface area contributed by atoms with Gasteiger partial charge in [0.25, 0.3) is 0 Å². The van der Waals surface area contributed by atoms with E-state index in [4.69, 9.17) is 0 Å². The Hall–Kier alpha value is -1.07. The smallest absolute Gasteiger partial charge is 0.185 e. The Kier molecular flexibility index (Phi) is 5.86. The molecule has 0 aliphatic rings. The third-order valence-corrected chi connectivity index (χ3v) is 4.36. The van der Waals surface area contributed by atoms with E-state index < -0.39 is 0 Å². The van der Waals surface area contributed by atoms with Crippen LogP contribution in [0.4, 0.5) is 0 Å². The average molecular weight is 394 g/mol. The molecule has 0 unspecified atom stereocenters. The van der Waals surface area contributed by atoms with E-state index in [1.165, 1.54) is 4.90 Å². The van der Waals surface area contributed by atoms with Crippen LogP contribution in [0, 0.1) is 3.57 Å². The number of hydrogen-bond acceptors (Lipinski definition) is 2. The van der Waals surface area contributed by atoms with Crippen molar-refractivity contribution < 1.29 is 4.79 Å². The van der Waals surface area contributed by atoms with E-state index in [2.05, 4.69) is 41.6 Å². The minimum Gasteiger partial charge on any atom is -0.289 e. The van der Waals surface area contributed by atoms with Crippen molar-refractivity contribution in [3.05, 3.63) is 69.3 Å².